The van der Waals surface area contributed by atoms with Crippen LogP contribution < -0.4 is 16.0 Å². The lowest BCUT2D eigenvalue weighted by atomic mass is 10.3. The van der Waals surface area contributed by atoms with Crippen LogP contribution in [0.1, 0.15) is 0 Å². The summed E-state index contributed by atoms with van der Waals surface area (Å²) >= 11 is 0. The highest BCUT2D eigenvalue weighted by atomic mass is 19.1. The van der Waals surface area contributed by atoms with Gasteiger partial charge in [0.05, 0.1) is 13.1 Å². The predicted molar refractivity (Wildman–Crippen MR) is 75.1 cm³/mol. The van der Waals surface area contributed by atoms with Crippen molar-refractivity contribution in [1.82, 2.24) is 15.5 Å². The van der Waals surface area contributed by atoms with E-state index in [0.717, 1.165) is 0 Å². The molecule has 0 atom stereocenters. The molecule has 3 N–H and O–H groups in total. The smallest absolute Gasteiger partial charge is 0.321 e. The van der Waals surface area contributed by atoms with Gasteiger partial charge in [-0.3, -0.25) is 19.8 Å². The second-order valence-corrected chi connectivity index (χ2v) is 4.36. The number of hydrogen-bond acceptors (Lipinski definition) is 4. The number of anilines is 1. The molecule has 0 spiro atoms. The van der Waals surface area contributed by atoms with Crippen molar-refractivity contribution in [3.63, 3.8) is 0 Å². The van der Waals surface area contributed by atoms with E-state index >= 15 is 0 Å². The Bertz CT molecular complexity index is 536. The first-order valence-corrected chi connectivity index (χ1v) is 6.16. The molecule has 0 aliphatic carbocycles. The summed E-state index contributed by atoms with van der Waals surface area (Å²) in [6, 6.07) is 4.88. The van der Waals surface area contributed by atoms with Crippen molar-refractivity contribution in [2.24, 2.45) is 0 Å². The molecular weight excluding hydrogens is 279 g/mol. The lowest BCUT2D eigenvalue weighted by molar-refractivity contribution is -0.122. The zero-order valence-electron chi connectivity index (χ0n) is 11.8. The van der Waals surface area contributed by atoms with Gasteiger partial charge in [0.2, 0.25) is 11.8 Å². The summed E-state index contributed by atoms with van der Waals surface area (Å²) in [7, 11) is 2.94. The molecule has 0 unspecified atom stereocenters. The Labute approximate surface area is 121 Å². The molecule has 0 saturated carbocycles. The van der Waals surface area contributed by atoms with Crippen molar-refractivity contribution in [3.8, 4) is 0 Å². The quantitative estimate of drug-likeness (QED) is 0.721. The SMILES string of the molecule is CNC(=O)NC(=O)CN(C)CC(=O)Nc1cccc(F)c1. The van der Waals surface area contributed by atoms with Gasteiger partial charge >= 0.3 is 6.03 Å². The van der Waals surface area contributed by atoms with Crippen molar-refractivity contribution in [3.05, 3.63) is 30.1 Å². The van der Waals surface area contributed by atoms with E-state index in [1.807, 2.05) is 0 Å². The third-order valence-corrected chi connectivity index (χ3v) is 2.42. The van der Waals surface area contributed by atoms with Gasteiger partial charge in [-0.2, -0.15) is 0 Å². The lowest BCUT2D eigenvalue weighted by Gasteiger charge is -2.15. The lowest BCUT2D eigenvalue weighted by Crippen LogP contribution is -2.44. The maximum Gasteiger partial charge on any atom is 0.321 e. The standard InChI is InChI=1S/C13H17FN4O3/c1-15-13(21)17-12(20)8-18(2)7-11(19)16-10-5-3-4-9(14)6-10/h3-6H,7-8H2,1-2H3,(H,16,19)(H2,15,17,20,21). The van der Waals surface area contributed by atoms with Gasteiger partial charge in [-0.1, -0.05) is 6.07 Å². The first-order chi connectivity index (χ1) is 9.90. The van der Waals surface area contributed by atoms with Crippen LogP contribution in [0.3, 0.4) is 0 Å². The Morgan fingerprint density at radius 2 is 1.86 bits per heavy atom. The topological polar surface area (TPSA) is 90.5 Å². The molecular formula is C13H17FN4O3. The van der Waals surface area contributed by atoms with Crippen LogP contribution >= 0.6 is 0 Å². The van der Waals surface area contributed by atoms with E-state index in [2.05, 4.69) is 16.0 Å². The zero-order chi connectivity index (χ0) is 15.8. The highest BCUT2D eigenvalue weighted by Gasteiger charge is 2.12. The minimum Gasteiger partial charge on any atom is -0.341 e. The van der Waals surface area contributed by atoms with Crippen molar-refractivity contribution in [2.45, 2.75) is 0 Å². The number of hydrogen-bond donors (Lipinski definition) is 3. The molecule has 114 valence electrons. The fourth-order valence-electron chi connectivity index (χ4n) is 1.54. The number of likely N-dealkylation sites (N-methyl/N-ethyl adjacent to an activating group) is 1. The number of imide groups is 1. The van der Waals surface area contributed by atoms with Crippen molar-refractivity contribution in [2.75, 3.05) is 32.5 Å². The van der Waals surface area contributed by atoms with Gasteiger partial charge in [-0.15, -0.1) is 0 Å². The first kappa shape index (κ1) is 16.6. The second-order valence-electron chi connectivity index (χ2n) is 4.36. The summed E-state index contributed by atoms with van der Waals surface area (Å²) in [6.07, 6.45) is 0. The number of carbonyl (C=O) groups excluding carboxylic acids is 3. The molecule has 1 aromatic carbocycles. The summed E-state index contributed by atoms with van der Waals surface area (Å²) < 4.78 is 13.0. The molecule has 0 fully saturated rings. The van der Waals surface area contributed by atoms with Crippen LogP contribution in [0.5, 0.6) is 0 Å². The van der Waals surface area contributed by atoms with Crippen molar-refractivity contribution < 1.29 is 18.8 Å². The molecule has 0 aliphatic rings. The van der Waals surface area contributed by atoms with Crippen LogP contribution in [0.25, 0.3) is 0 Å². The monoisotopic (exact) mass is 296 g/mol. The number of benzene rings is 1. The van der Waals surface area contributed by atoms with Crippen LogP contribution in [-0.2, 0) is 9.59 Å². The molecule has 0 bridgehead atoms. The second kappa shape index (κ2) is 7.95. The predicted octanol–water partition coefficient (Wildman–Crippen LogP) is 0.152. The average molecular weight is 296 g/mol. The van der Waals surface area contributed by atoms with Gasteiger partial charge in [-0.05, 0) is 25.2 Å². The van der Waals surface area contributed by atoms with E-state index in [9.17, 15) is 18.8 Å². The highest BCUT2D eigenvalue weighted by Crippen LogP contribution is 2.08. The van der Waals surface area contributed by atoms with E-state index in [-0.39, 0.29) is 13.1 Å². The van der Waals surface area contributed by atoms with Gasteiger partial charge in [0, 0.05) is 12.7 Å². The molecule has 4 amide bonds. The Balaban J connectivity index is 2.40. The third-order valence-electron chi connectivity index (χ3n) is 2.42. The minimum absolute atomic E-state index is 0.0717. The molecule has 0 aliphatic heterocycles. The number of nitrogens with zero attached hydrogens (tertiary/aromatic N) is 1. The van der Waals surface area contributed by atoms with Gasteiger partial charge in [0.25, 0.3) is 0 Å². The minimum atomic E-state index is -0.613. The Morgan fingerprint density at radius 1 is 1.19 bits per heavy atom. The Kier molecular flexibility index (Phi) is 6.28. The number of amides is 4. The molecule has 0 saturated heterocycles. The summed E-state index contributed by atoms with van der Waals surface area (Å²) in [5.74, 6) is -1.38. The number of halogens is 1. The third kappa shape index (κ3) is 6.48. The number of nitrogens with one attached hydrogen (secondary N) is 3. The van der Waals surface area contributed by atoms with Crippen LogP contribution in [0.15, 0.2) is 24.3 Å². The highest BCUT2D eigenvalue weighted by molar-refractivity contribution is 5.96. The average Bonchev–Trinajstić information content (AvgIpc) is 2.37. The fourth-order valence-corrected chi connectivity index (χ4v) is 1.54. The first-order valence-electron chi connectivity index (χ1n) is 6.16. The maximum atomic E-state index is 13.0. The van der Waals surface area contributed by atoms with Crippen LogP contribution in [0.4, 0.5) is 14.9 Å². The largest absolute Gasteiger partial charge is 0.341 e. The molecule has 0 aromatic heterocycles. The van der Waals surface area contributed by atoms with Crippen LogP contribution in [-0.4, -0.2) is 49.9 Å². The van der Waals surface area contributed by atoms with Crippen LogP contribution in [0, 0.1) is 5.82 Å². The van der Waals surface area contributed by atoms with Crippen LogP contribution in [0.2, 0.25) is 0 Å². The Morgan fingerprint density at radius 3 is 2.48 bits per heavy atom. The maximum absolute atomic E-state index is 13.0. The zero-order valence-corrected chi connectivity index (χ0v) is 11.8. The van der Waals surface area contributed by atoms with E-state index in [1.54, 1.807) is 13.1 Å². The summed E-state index contributed by atoms with van der Waals surface area (Å²) in [5.41, 5.74) is 0.336. The molecule has 1 rings (SSSR count). The van der Waals surface area contributed by atoms with E-state index < -0.39 is 23.7 Å². The van der Waals surface area contributed by atoms with Gasteiger partial charge < -0.3 is 10.6 Å². The molecule has 21 heavy (non-hydrogen) atoms. The summed E-state index contributed by atoms with van der Waals surface area (Å²) in [6.45, 7) is -0.193. The van der Waals surface area contributed by atoms with E-state index in [1.165, 1.54) is 30.1 Å². The molecule has 8 heteroatoms. The fraction of sp³-hybridized carbons (Fsp3) is 0.308. The number of rotatable bonds is 5. The molecule has 0 radical (unpaired) electrons. The molecule has 0 heterocycles. The van der Waals surface area contributed by atoms with Crippen molar-refractivity contribution >= 4 is 23.5 Å². The van der Waals surface area contributed by atoms with Crippen molar-refractivity contribution in [1.29, 1.82) is 0 Å². The van der Waals surface area contributed by atoms with E-state index in [0.29, 0.717) is 5.69 Å². The summed E-state index contributed by atoms with van der Waals surface area (Å²) in [4.78, 5) is 35.5. The van der Waals surface area contributed by atoms with Gasteiger partial charge in [0.15, 0.2) is 0 Å². The number of urea groups is 1. The normalized spacial score (nSPS) is 10.1. The summed E-state index contributed by atoms with van der Waals surface area (Å²) in [5, 5.41) is 6.83. The van der Waals surface area contributed by atoms with Gasteiger partial charge in [0.1, 0.15) is 5.82 Å². The molecule has 1 aromatic rings. The molecule has 7 nitrogen and oxygen atoms in total. The number of carbonyl (C=O) groups is 3. The van der Waals surface area contributed by atoms with E-state index in [4.69, 9.17) is 0 Å². The Hall–Kier alpha value is -2.48. The van der Waals surface area contributed by atoms with Gasteiger partial charge in [-0.25, -0.2) is 9.18 Å².